The van der Waals surface area contributed by atoms with Gasteiger partial charge in [-0.2, -0.15) is 0 Å². The van der Waals surface area contributed by atoms with Crippen molar-refractivity contribution in [2.45, 2.75) is 18.6 Å². The Bertz CT molecular complexity index is 782. The zero-order valence-electron chi connectivity index (χ0n) is 16.1. The van der Waals surface area contributed by atoms with E-state index in [1.165, 1.54) is 7.11 Å². The molecule has 2 aromatic carbocycles. The van der Waals surface area contributed by atoms with Crippen LogP contribution in [0.1, 0.15) is 28.4 Å². The highest BCUT2D eigenvalue weighted by molar-refractivity contribution is 6.02. The summed E-state index contributed by atoms with van der Waals surface area (Å²) in [6.07, 6.45) is -2.27. The number of benzene rings is 2. The summed E-state index contributed by atoms with van der Waals surface area (Å²) in [6.45, 7) is -0.200. The van der Waals surface area contributed by atoms with Crippen molar-refractivity contribution in [1.29, 1.82) is 0 Å². The molecule has 0 radical (unpaired) electrons. The number of carbonyl (C=O) groups is 2. The average molecular weight is 403 g/mol. The molecule has 0 bridgehead atoms. The molecule has 2 rings (SSSR count). The zero-order chi connectivity index (χ0) is 21.1. The first-order valence-corrected chi connectivity index (χ1v) is 9.13. The molecular formula is C21H25NO7. The van der Waals surface area contributed by atoms with Gasteiger partial charge in [0, 0.05) is 25.7 Å². The molecule has 2 amide bonds. The summed E-state index contributed by atoms with van der Waals surface area (Å²) in [5.74, 6) is -0.115. The quantitative estimate of drug-likeness (QED) is 0.556. The molecule has 0 aromatic heterocycles. The lowest BCUT2D eigenvalue weighted by Crippen LogP contribution is -2.35. The minimum Gasteiger partial charge on any atom is -0.491 e. The first-order valence-electron chi connectivity index (χ1n) is 9.13. The third kappa shape index (κ3) is 6.86. The number of nitrogens with one attached hydrogen (secondary N) is 1. The Morgan fingerprint density at radius 1 is 1.03 bits per heavy atom. The van der Waals surface area contributed by atoms with Crippen molar-refractivity contribution in [2.24, 2.45) is 0 Å². The molecule has 0 saturated heterocycles. The lowest BCUT2D eigenvalue weighted by atomic mass is 10.0. The summed E-state index contributed by atoms with van der Waals surface area (Å²) < 4.78 is 16.3. The first-order chi connectivity index (χ1) is 14.1. The number of methoxy groups -OCH3 is 1. The van der Waals surface area contributed by atoms with Gasteiger partial charge in [-0.25, -0.2) is 4.79 Å². The summed E-state index contributed by atoms with van der Waals surface area (Å²) in [6, 6.07) is 15.0. The van der Waals surface area contributed by atoms with Gasteiger partial charge in [0.2, 0.25) is 0 Å². The highest BCUT2D eigenvalue weighted by Crippen LogP contribution is 2.28. The molecule has 0 fully saturated rings. The van der Waals surface area contributed by atoms with Crippen molar-refractivity contribution >= 4 is 12.0 Å². The smallest absolute Gasteiger partial charge is 0.414 e. The van der Waals surface area contributed by atoms with Crippen molar-refractivity contribution in [3.63, 3.8) is 0 Å². The SMILES string of the molecule is CO[C@H](CCO)[C@H](OC(=O)NC(=O)c1ccccc1)c1cccc(OCCO)c1. The zero-order valence-corrected chi connectivity index (χ0v) is 16.1. The molecule has 2 aromatic rings. The fourth-order valence-electron chi connectivity index (χ4n) is 2.72. The molecular weight excluding hydrogens is 378 g/mol. The fourth-order valence-corrected chi connectivity index (χ4v) is 2.72. The summed E-state index contributed by atoms with van der Waals surface area (Å²) in [7, 11) is 1.44. The lowest BCUT2D eigenvalue weighted by molar-refractivity contribution is -0.0338. The van der Waals surface area contributed by atoms with Crippen molar-refractivity contribution in [3.05, 3.63) is 65.7 Å². The number of amides is 2. The Balaban J connectivity index is 2.17. The van der Waals surface area contributed by atoms with Gasteiger partial charge in [-0.1, -0.05) is 30.3 Å². The molecule has 8 heteroatoms. The minimum absolute atomic E-state index is 0.116. The van der Waals surface area contributed by atoms with Gasteiger partial charge in [0.1, 0.15) is 18.5 Å². The molecule has 0 aliphatic rings. The third-order valence-corrected chi connectivity index (χ3v) is 4.09. The molecule has 0 aliphatic carbocycles. The highest BCUT2D eigenvalue weighted by Gasteiger charge is 2.28. The third-order valence-electron chi connectivity index (χ3n) is 4.09. The summed E-state index contributed by atoms with van der Waals surface area (Å²) in [5, 5.41) is 20.4. The monoisotopic (exact) mass is 403 g/mol. The standard InChI is InChI=1S/C21H25NO7/c1-27-18(10-11-23)19(16-8-5-9-17(14-16)28-13-12-24)29-21(26)22-20(25)15-6-3-2-4-7-15/h2-9,14,18-19,23-24H,10-13H2,1H3,(H,22,25,26)/t18-,19-/m1/s1. The Morgan fingerprint density at radius 2 is 1.79 bits per heavy atom. The first kappa shape index (κ1) is 22.4. The topological polar surface area (TPSA) is 114 Å². The van der Waals surface area contributed by atoms with Crippen LogP contribution < -0.4 is 10.1 Å². The molecule has 156 valence electrons. The molecule has 29 heavy (non-hydrogen) atoms. The van der Waals surface area contributed by atoms with E-state index in [1.807, 2.05) is 0 Å². The number of alkyl carbamates (subject to hydrolysis) is 1. The number of hydrogen-bond donors (Lipinski definition) is 3. The van der Waals surface area contributed by atoms with Gasteiger partial charge in [-0.15, -0.1) is 0 Å². The van der Waals surface area contributed by atoms with E-state index in [0.29, 0.717) is 16.9 Å². The Morgan fingerprint density at radius 3 is 2.45 bits per heavy atom. The van der Waals surface area contributed by atoms with E-state index in [1.54, 1.807) is 54.6 Å². The second kappa shape index (κ2) is 11.8. The van der Waals surface area contributed by atoms with E-state index in [2.05, 4.69) is 5.32 Å². The second-order valence-electron chi connectivity index (χ2n) is 6.08. The molecule has 0 saturated carbocycles. The van der Waals surface area contributed by atoms with E-state index in [0.717, 1.165) is 0 Å². The highest BCUT2D eigenvalue weighted by atomic mass is 16.6. The van der Waals surface area contributed by atoms with E-state index < -0.39 is 24.2 Å². The number of aliphatic hydroxyl groups is 2. The van der Waals surface area contributed by atoms with E-state index in [-0.39, 0.29) is 26.2 Å². The van der Waals surface area contributed by atoms with Gasteiger partial charge in [0.25, 0.3) is 5.91 Å². The Kier molecular flexibility index (Phi) is 9.10. The summed E-state index contributed by atoms with van der Waals surface area (Å²) >= 11 is 0. The second-order valence-corrected chi connectivity index (χ2v) is 6.08. The lowest BCUT2D eigenvalue weighted by Gasteiger charge is -2.26. The summed E-state index contributed by atoms with van der Waals surface area (Å²) in [5.41, 5.74) is 0.877. The number of rotatable bonds is 10. The Hall–Kier alpha value is -2.94. The largest absolute Gasteiger partial charge is 0.491 e. The number of carbonyl (C=O) groups excluding carboxylic acids is 2. The van der Waals surface area contributed by atoms with Crippen LogP contribution in [0, 0.1) is 0 Å². The molecule has 0 unspecified atom stereocenters. The maximum Gasteiger partial charge on any atom is 0.414 e. The van der Waals surface area contributed by atoms with E-state index >= 15 is 0 Å². The van der Waals surface area contributed by atoms with E-state index in [4.69, 9.17) is 19.3 Å². The van der Waals surface area contributed by atoms with Crippen LogP contribution in [0.5, 0.6) is 5.75 Å². The fraction of sp³-hybridized carbons (Fsp3) is 0.333. The van der Waals surface area contributed by atoms with Crippen molar-refractivity contribution in [3.8, 4) is 5.75 Å². The van der Waals surface area contributed by atoms with Gasteiger partial charge in [0.15, 0.2) is 6.10 Å². The van der Waals surface area contributed by atoms with Gasteiger partial charge in [0.05, 0.1) is 6.61 Å². The average Bonchev–Trinajstić information content (AvgIpc) is 2.75. The molecule has 8 nitrogen and oxygen atoms in total. The van der Waals surface area contributed by atoms with Crippen molar-refractivity contribution in [1.82, 2.24) is 5.32 Å². The number of imide groups is 1. The maximum absolute atomic E-state index is 12.4. The van der Waals surface area contributed by atoms with Crippen LogP contribution in [0.25, 0.3) is 0 Å². The predicted octanol–water partition coefficient (Wildman–Crippen LogP) is 2.06. The number of aliphatic hydroxyl groups excluding tert-OH is 2. The van der Waals surface area contributed by atoms with Crippen molar-refractivity contribution < 1.29 is 34.0 Å². The van der Waals surface area contributed by atoms with Gasteiger partial charge in [-0.05, 0) is 29.8 Å². The van der Waals surface area contributed by atoms with Crippen LogP contribution in [-0.2, 0) is 9.47 Å². The minimum atomic E-state index is -0.939. The van der Waals surface area contributed by atoms with Gasteiger partial charge >= 0.3 is 6.09 Å². The Labute approximate surface area is 169 Å². The summed E-state index contributed by atoms with van der Waals surface area (Å²) in [4.78, 5) is 24.5. The maximum atomic E-state index is 12.4. The van der Waals surface area contributed by atoms with Crippen LogP contribution in [0.3, 0.4) is 0 Å². The van der Waals surface area contributed by atoms with Crippen LogP contribution in [0.15, 0.2) is 54.6 Å². The molecule has 3 N–H and O–H groups in total. The molecule has 0 spiro atoms. The van der Waals surface area contributed by atoms with Crippen LogP contribution in [0.2, 0.25) is 0 Å². The normalized spacial score (nSPS) is 12.7. The van der Waals surface area contributed by atoms with Gasteiger partial charge in [-0.3, -0.25) is 10.1 Å². The molecule has 0 aliphatic heterocycles. The number of ether oxygens (including phenoxy) is 3. The molecule has 0 heterocycles. The van der Waals surface area contributed by atoms with Crippen LogP contribution in [0.4, 0.5) is 4.79 Å². The van der Waals surface area contributed by atoms with Crippen LogP contribution in [-0.4, -0.2) is 55.2 Å². The molecule has 2 atom stereocenters. The van der Waals surface area contributed by atoms with Crippen molar-refractivity contribution in [2.75, 3.05) is 26.9 Å². The van der Waals surface area contributed by atoms with Gasteiger partial charge < -0.3 is 24.4 Å². The van der Waals surface area contributed by atoms with Crippen LogP contribution >= 0.6 is 0 Å². The predicted molar refractivity (Wildman–Crippen MR) is 105 cm³/mol. The van der Waals surface area contributed by atoms with E-state index in [9.17, 15) is 14.7 Å². The number of hydrogen-bond acceptors (Lipinski definition) is 7.